The maximum absolute atomic E-state index is 12.9. The average molecular weight is 1030 g/mol. The highest BCUT2D eigenvalue weighted by Crippen LogP contribution is 2.16. The number of ether oxygens (including phenoxy) is 4. The lowest BCUT2D eigenvalue weighted by molar-refractivity contribution is -0.870. The van der Waals surface area contributed by atoms with Crippen LogP contribution < -0.4 is 0 Å². The van der Waals surface area contributed by atoms with Gasteiger partial charge in [-0.15, -0.1) is 0 Å². The zero-order valence-electron chi connectivity index (χ0n) is 48.0. The summed E-state index contributed by atoms with van der Waals surface area (Å²) in [5, 5.41) is 9.71. The molecule has 0 amide bonds. The van der Waals surface area contributed by atoms with E-state index in [0.717, 1.165) is 70.6 Å². The van der Waals surface area contributed by atoms with E-state index in [1.807, 2.05) is 21.1 Å². The summed E-state index contributed by atoms with van der Waals surface area (Å²) in [5.41, 5.74) is 0. The number of likely N-dealkylation sites (N-methyl/N-ethyl adjacent to an activating group) is 1. The van der Waals surface area contributed by atoms with Crippen LogP contribution in [-0.4, -0.2) is 87.4 Å². The molecule has 0 aliphatic heterocycles. The normalized spacial score (nSPS) is 13.3. The highest BCUT2D eigenvalue weighted by Gasteiger charge is 2.25. The van der Waals surface area contributed by atoms with Gasteiger partial charge in [-0.3, -0.25) is 9.59 Å². The molecule has 73 heavy (non-hydrogen) atoms. The van der Waals surface area contributed by atoms with Gasteiger partial charge < -0.3 is 28.5 Å². The first-order valence-electron chi connectivity index (χ1n) is 30.1. The van der Waals surface area contributed by atoms with E-state index in [4.69, 9.17) is 18.9 Å². The predicted octanol–water partition coefficient (Wildman–Crippen LogP) is 17.8. The fraction of sp³-hybridized carbons (Fsp3) is 0.766. The molecule has 0 saturated carbocycles. The fourth-order valence-corrected chi connectivity index (χ4v) is 8.33. The van der Waals surface area contributed by atoms with Crippen molar-refractivity contribution in [1.29, 1.82) is 0 Å². The van der Waals surface area contributed by atoms with Crippen LogP contribution >= 0.6 is 0 Å². The monoisotopic (exact) mass is 1020 g/mol. The number of aliphatic carboxylic acids is 1. The van der Waals surface area contributed by atoms with Crippen LogP contribution in [0.4, 0.5) is 0 Å². The summed E-state index contributed by atoms with van der Waals surface area (Å²) >= 11 is 0. The zero-order chi connectivity index (χ0) is 53.4. The average Bonchev–Trinajstić information content (AvgIpc) is 3.36. The number of carboxylic acid groups (broad SMARTS) is 1. The lowest BCUT2D eigenvalue weighted by Crippen LogP contribution is -2.40. The molecule has 0 heterocycles. The molecule has 2 unspecified atom stereocenters. The molecule has 422 valence electrons. The van der Waals surface area contributed by atoms with Crippen molar-refractivity contribution in [2.24, 2.45) is 0 Å². The quantitative estimate of drug-likeness (QED) is 0.0211. The van der Waals surface area contributed by atoms with E-state index in [-0.39, 0.29) is 32.2 Å². The second-order valence-electron chi connectivity index (χ2n) is 21.3. The number of unbranched alkanes of at least 4 members (excludes halogenated alkanes) is 28. The molecular formula is C64H114NO8+. The molecular weight excluding hydrogens is 911 g/mol. The molecule has 9 heteroatoms. The molecule has 2 atom stereocenters. The zero-order valence-corrected chi connectivity index (χ0v) is 48.0. The topological polar surface area (TPSA) is 108 Å². The molecule has 0 aliphatic rings. The van der Waals surface area contributed by atoms with Crippen molar-refractivity contribution in [3.8, 4) is 0 Å². The minimum absolute atomic E-state index is 0.185. The fourth-order valence-electron chi connectivity index (χ4n) is 8.33. The third kappa shape index (κ3) is 56.3. The molecule has 9 nitrogen and oxygen atoms in total. The highest BCUT2D eigenvalue weighted by molar-refractivity contribution is 5.71. The third-order valence-electron chi connectivity index (χ3n) is 12.9. The maximum atomic E-state index is 12.9. The van der Waals surface area contributed by atoms with E-state index in [9.17, 15) is 19.5 Å². The lowest BCUT2D eigenvalue weighted by atomic mass is 10.0. The van der Waals surface area contributed by atoms with Crippen molar-refractivity contribution in [3.05, 3.63) is 72.9 Å². The second-order valence-corrected chi connectivity index (χ2v) is 21.3. The number of hydrogen-bond acceptors (Lipinski definition) is 7. The SMILES string of the molecule is CC/C=C\C/C=C\C/C=C\C/C=C\CCCCCCCCCCCCCCCCCCC(=O)OC(COC(=O)CCCCCCCCCCC/C=C\C/C=C\CCCCC)COC(OCC[N+](C)(C)C)C(=O)O. The van der Waals surface area contributed by atoms with Crippen LogP contribution in [0.25, 0.3) is 0 Å². The van der Waals surface area contributed by atoms with Crippen LogP contribution in [0, 0.1) is 0 Å². The molecule has 1 N–H and O–H groups in total. The molecule has 0 radical (unpaired) electrons. The van der Waals surface area contributed by atoms with E-state index < -0.39 is 24.3 Å². The lowest BCUT2D eigenvalue weighted by Gasteiger charge is -2.25. The van der Waals surface area contributed by atoms with Gasteiger partial charge in [-0.2, -0.15) is 0 Å². The maximum Gasteiger partial charge on any atom is 0.361 e. The molecule has 0 bridgehead atoms. The predicted molar refractivity (Wildman–Crippen MR) is 309 cm³/mol. The van der Waals surface area contributed by atoms with E-state index >= 15 is 0 Å². The summed E-state index contributed by atoms with van der Waals surface area (Å²) in [7, 11) is 5.97. The van der Waals surface area contributed by atoms with Crippen LogP contribution in [0.1, 0.15) is 258 Å². The molecule has 0 fully saturated rings. The Hall–Kier alpha value is -3.27. The second kappa shape index (κ2) is 55.0. The Morgan fingerprint density at radius 1 is 0.425 bits per heavy atom. The summed E-state index contributed by atoms with van der Waals surface area (Å²) < 4.78 is 22.9. The largest absolute Gasteiger partial charge is 0.477 e. The van der Waals surface area contributed by atoms with E-state index in [2.05, 4.69) is 86.8 Å². The van der Waals surface area contributed by atoms with Crippen molar-refractivity contribution >= 4 is 17.9 Å². The molecule has 0 saturated heterocycles. The molecule has 0 aliphatic carbocycles. The van der Waals surface area contributed by atoms with Crippen molar-refractivity contribution in [2.45, 2.75) is 270 Å². The van der Waals surface area contributed by atoms with E-state index in [1.54, 1.807) is 0 Å². The minimum Gasteiger partial charge on any atom is -0.477 e. The van der Waals surface area contributed by atoms with Crippen LogP contribution in [0.15, 0.2) is 72.9 Å². The van der Waals surface area contributed by atoms with Gasteiger partial charge in [0.25, 0.3) is 6.29 Å². The number of carboxylic acids is 1. The van der Waals surface area contributed by atoms with Gasteiger partial charge in [-0.25, -0.2) is 4.79 Å². The number of hydrogen-bond donors (Lipinski definition) is 1. The number of quaternary nitrogens is 1. The number of carbonyl (C=O) groups is 3. The first-order valence-corrected chi connectivity index (χ1v) is 30.1. The van der Waals surface area contributed by atoms with Crippen LogP contribution in [0.2, 0.25) is 0 Å². The Kier molecular flexibility index (Phi) is 52.5. The Balaban J connectivity index is 4.18. The van der Waals surface area contributed by atoms with Gasteiger partial charge in [-0.05, 0) is 83.5 Å². The van der Waals surface area contributed by atoms with Crippen LogP contribution in [-0.2, 0) is 33.3 Å². The van der Waals surface area contributed by atoms with E-state index in [1.165, 1.54) is 161 Å². The number of allylic oxidation sites excluding steroid dienone is 12. The smallest absolute Gasteiger partial charge is 0.361 e. The molecule has 0 spiro atoms. The van der Waals surface area contributed by atoms with Crippen molar-refractivity contribution < 1.29 is 42.9 Å². The van der Waals surface area contributed by atoms with Crippen LogP contribution in [0.3, 0.4) is 0 Å². The highest BCUT2D eigenvalue weighted by atomic mass is 16.7. The summed E-state index contributed by atoms with van der Waals surface area (Å²) in [6.45, 7) is 4.76. The summed E-state index contributed by atoms with van der Waals surface area (Å²) in [6.07, 6.45) is 68.4. The Labute approximate surface area is 449 Å². The van der Waals surface area contributed by atoms with Gasteiger partial charge in [-0.1, -0.05) is 234 Å². The van der Waals surface area contributed by atoms with Crippen molar-refractivity contribution in [1.82, 2.24) is 0 Å². The molecule has 0 aromatic heterocycles. The first kappa shape index (κ1) is 69.7. The number of rotatable bonds is 55. The Bertz CT molecular complexity index is 1420. The summed E-state index contributed by atoms with van der Waals surface area (Å²) in [4.78, 5) is 37.5. The number of nitrogens with zero attached hydrogens (tertiary/aromatic N) is 1. The number of esters is 2. The van der Waals surface area contributed by atoms with Gasteiger partial charge in [0.2, 0.25) is 0 Å². The molecule has 0 aromatic carbocycles. The number of carbonyl (C=O) groups excluding carboxylic acids is 2. The van der Waals surface area contributed by atoms with Crippen LogP contribution in [0.5, 0.6) is 0 Å². The van der Waals surface area contributed by atoms with Gasteiger partial charge in [0, 0.05) is 12.8 Å². The Morgan fingerprint density at radius 3 is 1.16 bits per heavy atom. The van der Waals surface area contributed by atoms with Gasteiger partial charge in [0.15, 0.2) is 6.10 Å². The summed E-state index contributed by atoms with van der Waals surface area (Å²) in [5.74, 6) is -2.00. The minimum atomic E-state index is -1.51. The van der Waals surface area contributed by atoms with Crippen molar-refractivity contribution in [2.75, 3.05) is 47.5 Å². The summed E-state index contributed by atoms with van der Waals surface area (Å²) in [6, 6.07) is 0. The molecule has 0 rings (SSSR count). The van der Waals surface area contributed by atoms with Gasteiger partial charge in [0.1, 0.15) is 13.2 Å². The first-order chi connectivity index (χ1) is 35.6. The van der Waals surface area contributed by atoms with Crippen molar-refractivity contribution in [3.63, 3.8) is 0 Å². The Morgan fingerprint density at radius 2 is 0.781 bits per heavy atom. The van der Waals surface area contributed by atoms with Gasteiger partial charge in [0.05, 0.1) is 34.4 Å². The third-order valence-corrected chi connectivity index (χ3v) is 12.9. The standard InChI is InChI=1S/C64H113NO8/c1-6-8-10-12-14-16-18-20-22-24-26-27-28-29-30-31-32-33-34-35-37-39-41-43-45-47-49-51-53-55-62(67)73-60(59-72-64(63(68)69)70-57-56-65(3,4)5)58-71-61(66)54-52-50-48-46-44-42-40-38-36-25-23-21-19-17-15-13-11-9-7-2/h8,10,14-17,20-23,26-27,60,64H,6-7,9,11-13,18-19,24-25,28-59H2,1-5H3/p+1/b10-8-,16-14-,17-15-,22-20-,23-21-,27-26-. The van der Waals surface area contributed by atoms with Gasteiger partial charge >= 0.3 is 17.9 Å². The molecule has 0 aromatic rings. The van der Waals surface area contributed by atoms with E-state index in [0.29, 0.717) is 17.4 Å².